The van der Waals surface area contributed by atoms with Crippen LogP contribution in [0.15, 0.2) is 12.1 Å². The molecule has 2 aromatic rings. The van der Waals surface area contributed by atoms with E-state index >= 15 is 0 Å². The molecule has 26 heavy (non-hydrogen) atoms. The van der Waals surface area contributed by atoms with E-state index in [1.807, 2.05) is 0 Å². The Hall–Kier alpha value is -3.09. The maximum Gasteiger partial charge on any atom is 0.208 e. The second-order valence-corrected chi connectivity index (χ2v) is 6.74. The second kappa shape index (κ2) is 6.67. The molecule has 0 aliphatic rings. The first kappa shape index (κ1) is 19.2. The van der Waals surface area contributed by atoms with Crippen molar-refractivity contribution in [3.8, 4) is 34.5 Å². The van der Waals surface area contributed by atoms with Crippen LogP contribution in [0, 0.1) is 0 Å². The quantitative estimate of drug-likeness (QED) is 0.458. The number of phenols is 6. The van der Waals surface area contributed by atoms with E-state index in [-0.39, 0.29) is 34.5 Å². The Labute approximate surface area is 150 Å². The first-order valence-corrected chi connectivity index (χ1v) is 8.09. The van der Waals surface area contributed by atoms with Crippen LogP contribution in [0.3, 0.4) is 0 Å². The molecule has 0 saturated heterocycles. The first-order valence-electron chi connectivity index (χ1n) is 8.09. The van der Waals surface area contributed by atoms with Gasteiger partial charge in [0.2, 0.25) is 5.78 Å². The van der Waals surface area contributed by atoms with E-state index in [1.54, 1.807) is 27.7 Å². The summed E-state index contributed by atoms with van der Waals surface area (Å²) in [6, 6.07) is 1.83. The average Bonchev–Trinajstić information content (AvgIpc) is 2.44. The summed E-state index contributed by atoms with van der Waals surface area (Å²) < 4.78 is 0. The van der Waals surface area contributed by atoms with Crippen molar-refractivity contribution in [1.29, 1.82) is 0 Å². The average molecular weight is 362 g/mol. The molecule has 0 aromatic heterocycles. The Kier molecular flexibility index (Phi) is 4.93. The monoisotopic (exact) mass is 362 g/mol. The molecule has 7 heteroatoms. The van der Waals surface area contributed by atoms with Gasteiger partial charge in [0.1, 0.15) is 45.6 Å². The highest BCUT2D eigenvalue weighted by atomic mass is 16.3. The van der Waals surface area contributed by atoms with Crippen molar-refractivity contribution in [3.05, 3.63) is 34.4 Å². The van der Waals surface area contributed by atoms with Crippen molar-refractivity contribution >= 4 is 5.78 Å². The largest absolute Gasteiger partial charge is 0.507 e. The van der Waals surface area contributed by atoms with Crippen LogP contribution in [0.25, 0.3) is 0 Å². The molecule has 0 saturated carbocycles. The van der Waals surface area contributed by atoms with Gasteiger partial charge in [-0.3, -0.25) is 4.79 Å². The molecular formula is C19H22O7. The number of phenolic OH excluding ortho intramolecular Hbond substituents is 6. The van der Waals surface area contributed by atoms with Crippen LogP contribution in [0.1, 0.15) is 66.6 Å². The summed E-state index contributed by atoms with van der Waals surface area (Å²) in [6.45, 7) is 6.69. The molecule has 2 aromatic carbocycles. The Morgan fingerprint density at radius 3 is 1.23 bits per heavy atom. The highest BCUT2D eigenvalue weighted by Gasteiger charge is 2.31. The number of ketones is 1. The lowest BCUT2D eigenvalue weighted by molar-refractivity contribution is 0.102. The maximum absolute atomic E-state index is 12.9. The van der Waals surface area contributed by atoms with E-state index in [0.717, 1.165) is 12.1 Å². The van der Waals surface area contributed by atoms with Gasteiger partial charge >= 0.3 is 0 Å². The number of benzene rings is 2. The van der Waals surface area contributed by atoms with Gasteiger partial charge < -0.3 is 30.6 Å². The molecule has 0 heterocycles. The van der Waals surface area contributed by atoms with Crippen LogP contribution in [0.5, 0.6) is 34.5 Å². The Bertz CT molecular complexity index is 811. The van der Waals surface area contributed by atoms with Gasteiger partial charge in [-0.25, -0.2) is 0 Å². The van der Waals surface area contributed by atoms with Crippen molar-refractivity contribution in [2.75, 3.05) is 0 Å². The molecule has 0 aliphatic heterocycles. The lowest BCUT2D eigenvalue weighted by Gasteiger charge is -2.18. The smallest absolute Gasteiger partial charge is 0.208 e. The van der Waals surface area contributed by atoms with Gasteiger partial charge in [0.05, 0.1) is 0 Å². The zero-order valence-corrected chi connectivity index (χ0v) is 14.9. The van der Waals surface area contributed by atoms with Gasteiger partial charge in [0.25, 0.3) is 0 Å². The summed E-state index contributed by atoms with van der Waals surface area (Å²) in [4.78, 5) is 12.9. The van der Waals surface area contributed by atoms with Crippen LogP contribution < -0.4 is 0 Å². The summed E-state index contributed by atoms with van der Waals surface area (Å²) in [7, 11) is 0. The summed E-state index contributed by atoms with van der Waals surface area (Å²) in [5.41, 5.74) is -1.02. The van der Waals surface area contributed by atoms with E-state index in [0.29, 0.717) is 0 Å². The maximum atomic E-state index is 12.9. The van der Waals surface area contributed by atoms with E-state index in [9.17, 15) is 35.4 Å². The molecule has 7 nitrogen and oxygen atoms in total. The molecule has 0 radical (unpaired) electrons. The van der Waals surface area contributed by atoms with Crippen molar-refractivity contribution in [2.24, 2.45) is 0 Å². The molecular weight excluding hydrogens is 340 g/mol. The fraction of sp³-hybridized carbons (Fsp3) is 0.316. The van der Waals surface area contributed by atoms with Crippen molar-refractivity contribution in [1.82, 2.24) is 0 Å². The number of aromatic hydroxyl groups is 6. The van der Waals surface area contributed by atoms with E-state index in [1.165, 1.54) is 0 Å². The van der Waals surface area contributed by atoms with Gasteiger partial charge in [0, 0.05) is 23.3 Å². The lowest BCUT2D eigenvalue weighted by Crippen LogP contribution is -2.07. The number of carbonyl (C=O) groups is 1. The van der Waals surface area contributed by atoms with Crippen LogP contribution in [-0.4, -0.2) is 36.4 Å². The van der Waals surface area contributed by atoms with Crippen molar-refractivity contribution in [3.63, 3.8) is 0 Å². The van der Waals surface area contributed by atoms with E-state index in [4.69, 9.17) is 0 Å². The van der Waals surface area contributed by atoms with Crippen molar-refractivity contribution in [2.45, 2.75) is 39.5 Å². The zero-order chi connectivity index (χ0) is 19.9. The highest BCUT2D eigenvalue weighted by Crippen LogP contribution is 2.46. The van der Waals surface area contributed by atoms with Crippen LogP contribution in [0.4, 0.5) is 0 Å². The van der Waals surface area contributed by atoms with Crippen molar-refractivity contribution < 1.29 is 35.4 Å². The van der Waals surface area contributed by atoms with Gasteiger partial charge in [-0.15, -0.1) is 0 Å². The second-order valence-electron chi connectivity index (χ2n) is 6.74. The Morgan fingerprint density at radius 2 is 0.962 bits per heavy atom. The molecule has 0 amide bonds. The zero-order valence-electron chi connectivity index (χ0n) is 14.9. The van der Waals surface area contributed by atoms with Gasteiger partial charge in [-0.05, 0) is 11.8 Å². The fourth-order valence-corrected chi connectivity index (χ4v) is 3.02. The van der Waals surface area contributed by atoms with Gasteiger partial charge in [0.15, 0.2) is 0 Å². The summed E-state index contributed by atoms with van der Waals surface area (Å²) in [5, 5.41) is 60.8. The number of carbonyl (C=O) groups excluding carboxylic acids is 1. The lowest BCUT2D eigenvalue weighted by atomic mass is 9.90. The normalized spacial score (nSPS) is 11.3. The third kappa shape index (κ3) is 2.96. The predicted octanol–water partition coefficient (Wildman–Crippen LogP) is 3.40. The highest BCUT2D eigenvalue weighted by molar-refractivity contribution is 6.16. The number of hydrogen-bond acceptors (Lipinski definition) is 7. The molecule has 2 rings (SSSR count). The third-order valence-electron chi connectivity index (χ3n) is 4.20. The Balaban J connectivity index is 2.80. The number of rotatable bonds is 4. The van der Waals surface area contributed by atoms with Crippen LogP contribution >= 0.6 is 0 Å². The molecule has 0 unspecified atom stereocenters. The molecule has 140 valence electrons. The Morgan fingerprint density at radius 1 is 0.654 bits per heavy atom. The van der Waals surface area contributed by atoms with E-state index in [2.05, 4.69) is 0 Å². The topological polar surface area (TPSA) is 138 Å². The minimum absolute atomic E-state index is 0.0491. The SMILES string of the molecule is CC(C)c1c(O)cc(O)c(C(=O)c2c(O)cc(O)c(C(C)C)c2O)c1O. The first-order chi connectivity index (χ1) is 12.0. The van der Waals surface area contributed by atoms with Crippen LogP contribution in [-0.2, 0) is 0 Å². The third-order valence-corrected chi connectivity index (χ3v) is 4.20. The fourth-order valence-electron chi connectivity index (χ4n) is 3.02. The summed E-state index contributed by atoms with van der Waals surface area (Å²) in [5.74, 6) is -5.22. The molecule has 0 fully saturated rings. The molecule has 0 bridgehead atoms. The molecule has 0 atom stereocenters. The minimum atomic E-state index is -1.04. The predicted molar refractivity (Wildman–Crippen MR) is 94.5 cm³/mol. The minimum Gasteiger partial charge on any atom is -0.507 e. The van der Waals surface area contributed by atoms with Gasteiger partial charge in [-0.1, -0.05) is 27.7 Å². The summed E-state index contributed by atoms with van der Waals surface area (Å²) in [6.07, 6.45) is 0. The van der Waals surface area contributed by atoms with Gasteiger partial charge in [-0.2, -0.15) is 0 Å². The number of hydrogen-bond donors (Lipinski definition) is 6. The van der Waals surface area contributed by atoms with E-state index < -0.39 is 39.9 Å². The molecule has 0 aliphatic carbocycles. The van der Waals surface area contributed by atoms with Crippen LogP contribution in [0.2, 0.25) is 0 Å². The summed E-state index contributed by atoms with van der Waals surface area (Å²) >= 11 is 0. The standard InChI is InChI=1S/C19H22O7/c1-7(2)13-9(20)5-11(22)15(17(13)24)19(26)16-12(23)6-10(21)14(8(3)4)18(16)25/h5-8,20-25H,1-4H3. The molecule has 6 N–H and O–H groups in total. The molecule has 0 spiro atoms.